The van der Waals surface area contributed by atoms with Gasteiger partial charge in [-0.25, -0.2) is 15.0 Å². The number of fused-ring (bicyclic) bond motifs is 1. The summed E-state index contributed by atoms with van der Waals surface area (Å²) in [5.41, 5.74) is 2.73. The van der Waals surface area contributed by atoms with Crippen molar-refractivity contribution in [2.75, 3.05) is 0 Å². The highest BCUT2D eigenvalue weighted by Crippen LogP contribution is 2.19. The molecular weight excluding hydrogens is 284 g/mol. The van der Waals surface area contributed by atoms with E-state index in [1.54, 1.807) is 18.5 Å². The fraction of sp³-hybridized carbons (Fsp3) is 0.200. The molecule has 0 unspecified atom stereocenters. The molecular formula is C15H14N4OS. The van der Waals surface area contributed by atoms with Crippen molar-refractivity contribution in [1.82, 2.24) is 19.9 Å². The van der Waals surface area contributed by atoms with Crippen molar-refractivity contribution in [3.05, 3.63) is 57.9 Å². The minimum atomic E-state index is -0.101. The van der Waals surface area contributed by atoms with Gasteiger partial charge in [0.1, 0.15) is 5.82 Å². The molecule has 0 amide bonds. The third kappa shape index (κ3) is 2.95. The molecule has 5 nitrogen and oxygen atoms in total. The summed E-state index contributed by atoms with van der Waals surface area (Å²) in [4.78, 5) is 27.9. The molecule has 0 saturated carbocycles. The highest BCUT2D eigenvalue weighted by Gasteiger charge is 2.08. The Morgan fingerprint density at radius 3 is 2.71 bits per heavy atom. The molecule has 0 spiro atoms. The van der Waals surface area contributed by atoms with Gasteiger partial charge in [0.2, 0.25) is 0 Å². The van der Waals surface area contributed by atoms with Crippen LogP contribution >= 0.6 is 11.8 Å². The second kappa shape index (κ2) is 5.65. The van der Waals surface area contributed by atoms with Crippen LogP contribution in [0.4, 0.5) is 0 Å². The first-order valence-corrected chi connectivity index (χ1v) is 7.52. The lowest BCUT2D eigenvalue weighted by molar-refractivity contribution is 0.958. The van der Waals surface area contributed by atoms with Crippen LogP contribution in [0.15, 0.2) is 40.5 Å². The van der Waals surface area contributed by atoms with Crippen LogP contribution in [0, 0.1) is 13.8 Å². The van der Waals surface area contributed by atoms with Gasteiger partial charge < -0.3 is 4.98 Å². The van der Waals surface area contributed by atoms with Crippen LogP contribution in [0.3, 0.4) is 0 Å². The van der Waals surface area contributed by atoms with Gasteiger partial charge in [-0.05, 0) is 37.1 Å². The zero-order valence-electron chi connectivity index (χ0n) is 11.8. The zero-order valence-corrected chi connectivity index (χ0v) is 12.6. The monoisotopic (exact) mass is 298 g/mol. The smallest absolute Gasteiger partial charge is 0.258 e. The largest absolute Gasteiger partial charge is 0.309 e. The molecule has 0 atom stereocenters. The summed E-state index contributed by atoms with van der Waals surface area (Å²) in [5, 5.41) is 1.30. The summed E-state index contributed by atoms with van der Waals surface area (Å²) in [6.45, 7) is 3.95. The number of aromatic amines is 1. The van der Waals surface area contributed by atoms with E-state index in [0.29, 0.717) is 22.1 Å². The predicted octanol–water partition coefficient (Wildman–Crippen LogP) is 2.62. The molecule has 0 aliphatic rings. The van der Waals surface area contributed by atoms with Crippen molar-refractivity contribution < 1.29 is 0 Å². The minimum Gasteiger partial charge on any atom is -0.309 e. The van der Waals surface area contributed by atoms with Crippen LogP contribution < -0.4 is 5.56 Å². The SMILES string of the molecule is Cc1cc(C)c2nc(CSc3ncccn3)[nH]c(=O)c2c1. The average molecular weight is 298 g/mol. The van der Waals surface area contributed by atoms with Crippen molar-refractivity contribution in [3.63, 3.8) is 0 Å². The van der Waals surface area contributed by atoms with E-state index in [-0.39, 0.29) is 5.56 Å². The van der Waals surface area contributed by atoms with Gasteiger partial charge in [-0.1, -0.05) is 17.8 Å². The maximum Gasteiger partial charge on any atom is 0.258 e. The summed E-state index contributed by atoms with van der Waals surface area (Å²) < 4.78 is 0. The fourth-order valence-corrected chi connectivity index (χ4v) is 2.88. The average Bonchev–Trinajstić information content (AvgIpc) is 2.47. The second-order valence-electron chi connectivity index (χ2n) is 4.81. The Labute approximate surface area is 125 Å². The molecule has 106 valence electrons. The quantitative estimate of drug-likeness (QED) is 0.594. The van der Waals surface area contributed by atoms with Crippen LogP contribution in [-0.2, 0) is 5.75 Å². The molecule has 0 fully saturated rings. The Kier molecular flexibility index (Phi) is 3.70. The molecule has 3 rings (SSSR count). The first kappa shape index (κ1) is 13.8. The molecule has 6 heteroatoms. The van der Waals surface area contributed by atoms with E-state index >= 15 is 0 Å². The van der Waals surface area contributed by atoms with E-state index in [1.165, 1.54) is 11.8 Å². The van der Waals surface area contributed by atoms with Gasteiger partial charge in [0.05, 0.1) is 16.7 Å². The third-order valence-corrected chi connectivity index (χ3v) is 3.96. The van der Waals surface area contributed by atoms with Crippen LogP contribution in [0.25, 0.3) is 10.9 Å². The number of aryl methyl sites for hydroxylation is 2. The standard InChI is InChI=1S/C15H14N4OS/c1-9-6-10(2)13-11(7-9)14(20)19-12(18-13)8-21-15-16-4-3-5-17-15/h3-7H,8H2,1-2H3,(H,18,19,20). The summed E-state index contributed by atoms with van der Waals surface area (Å²) >= 11 is 1.44. The lowest BCUT2D eigenvalue weighted by atomic mass is 10.1. The zero-order chi connectivity index (χ0) is 14.8. The van der Waals surface area contributed by atoms with Crippen LogP contribution in [0.5, 0.6) is 0 Å². The number of aromatic nitrogens is 4. The molecule has 2 heterocycles. The highest BCUT2D eigenvalue weighted by molar-refractivity contribution is 7.98. The lowest BCUT2D eigenvalue weighted by Crippen LogP contribution is -2.12. The first-order valence-electron chi connectivity index (χ1n) is 6.53. The minimum absolute atomic E-state index is 0.101. The van der Waals surface area contributed by atoms with Crippen molar-refractivity contribution in [2.24, 2.45) is 0 Å². The number of nitrogens with zero attached hydrogens (tertiary/aromatic N) is 3. The normalized spacial score (nSPS) is 11.0. The molecule has 0 radical (unpaired) electrons. The highest BCUT2D eigenvalue weighted by atomic mass is 32.2. The van der Waals surface area contributed by atoms with Crippen molar-refractivity contribution in [3.8, 4) is 0 Å². The van der Waals surface area contributed by atoms with E-state index in [9.17, 15) is 4.79 Å². The van der Waals surface area contributed by atoms with E-state index in [4.69, 9.17) is 0 Å². The first-order chi connectivity index (χ1) is 10.1. The number of hydrogen-bond acceptors (Lipinski definition) is 5. The molecule has 1 aromatic carbocycles. The van der Waals surface area contributed by atoms with Crippen molar-refractivity contribution in [2.45, 2.75) is 24.8 Å². The molecule has 3 aromatic rings. The van der Waals surface area contributed by atoms with Gasteiger partial charge in [-0.2, -0.15) is 0 Å². The Morgan fingerprint density at radius 1 is 1.19 bits per heavy atom. The molecule has 1 N–H and O–H groups in total. The van der Waals surface area contributed by atoms with E-state index in [0.717, 1.165) is 16.6 Å². The van der Waals surface area contributed by atoms with Gasteiger partial charge in [-0.3, -0.25) is 4.79 Å². The van der Waals surface area contributed by atoms with Crippen LogP contribution in [0.2, 0.25) is 0 Å². The molecule has 0 aliphatic heterocycles. The predicted molar refractivity (Wildman–Crippen MR) is 83.4 cm³/mol. The van der Waals surface area contributed by atoms with Gasteiger partial charge in [0.15, 0.2) is 5.16 Å². The molecule has 0 bridgehead atoms. The fourth-order valence-electron chi connectivity index (χ4n) is 2.20. The Morgan fingerprint density at radius 2 is 1.95 bits per heavy atom. The maximum atomic E-state index is 12.2. The lowest BCUT2D eigenvalue weighted by Gasteiger charge is -2.06. The number of nitrogens with one attached hydrogen (secondary N) is 1. The Bertz CT molecular complexity index is 845. The van der Waals surface area contributed by atoms with Gasteiger partial charge >= 0.3 is 0 Å². The van der Waals surface area contributed by atoms with Crippen LogP contribution in [0.1, 0.15) is 17.0 Å². The third-order valence-electron chi connectivity index (χ3n) is 3.07. The number of H-pyrrole nitrogens is 1. The Balaban J connectivity index is 1.95. The van der Waals surface area contributed by atoms with Crippen molar-refractivity contribution in [1.29, 1.82) is 0 Å². The Hall–Kier alpha value is -2.21. The second-order valence-corrected chi connectivity index (χ2v) is 5.75. The van der Waals surface area contributed by atoms with Crippen molar-refractivity contribution >= 4 is 22.7 Å². The number of thioether (sulfide) groups is 1. The summed E-state index contributed by atoms with van der Waals surface area (Å²) in [5.74, 6) is 1.17. The molecule has 2 aromatic heterocycles. The molecule has 21 heavy (non-hydrogen) atoms. The summed E-state index contributed by atoms with van der Waals surface area (Å²) in [6.07, 6.45) is 3.39. The van der Waals surface area contributed by atoms with Gasteiger partial charge in [0, 0.05) is 12.4 Å². The van der Waals surface area contributed by atoms with E-state index in [1.807, 2.05) is 26.0 Å². The van der Waals surface area contributed by atoms with E-state index in [2.05, 4.69) is 19.9 Å². The molecule has 0 aliphatic carbocycles. The maximum absolute atomic E-state index is 12.2. The number of hydrogen-bond donors (Lipinski definition) is 1. The summed E-state index contributed by atoms with van der Waals surface area (Å²) in [7, 11) is 0. The number of benzene rings is 1. The van der Waals surface area contributed by atoms with Gasteiger partial charge in [-0.15, -0.1) is 0 Å². The number of rotatable bonds is 3. The van der Waals surface area contributed by atoms with Crippen LogP contribution in [-0.4, -0.2) is 19.9 Å². The van der Waals surface area contributed by atoms with E-state index < -0.39 is 0 Å². The molecule has 0 saturated heterocycles. The van der Waals surface area contributed by atoms with Gasteiger partial charge in [0.25, 0.3) is 5.56 Å². The topological polar surface area (TPSA) is 71.5 Å². The summed E-state index contributed by atoms with van der Waals surface area (Å²) in [6, 6.07) is 5.67.